The first-order valence-corrected chi connectivity index (χ1v) is 22.1. The number of anilines is 2. The first-order chi connectivity index (χ1) is 32.6. The van der Waals surface area contributed by atoms with Crippen molar-refractivity contribution < 1.29 is 9.90 Å². The third-order valence-electron chi connectivity index (χ3n) is 12.4. The Labute approximate surface area is 383 Å². The lowest BCUT2D eigenvalue weighted by Gasteiger charge is -2.38. The van der Waals surface area contributed by atoms with E-state index in [1.165, 1.54) is 0 Å². The van der Waals surface area contributed by atoms with Crippen LogP contribution in [-0.2, 0) is 15.9 Å². The van der Waals surface area contributed by atoms with Gasteiger partial charge in [-0.3, -0.25) is 4.79 Å². The minimum Gasteiger partial charge on any atom is -0.506 e. The van der Waals surface area contributed by atoms with Gasteiger partial charge in [-0.05, 0) is 62.7 Å². The minimum atomic E-state index is -1.05. The Morgan fingerprint density at radius 3 is 1.39 bits per heavy atom. The Morgan fingerprint density at radius 1 is 0.530 bits per heavy atom. The van der Waals surface area contributed by atoms with E-state index >= 15 is 0 Å². The quantitative estimate of drug-likeness (QED) is 0.0743. The fraction of sp³-hybridized carbons (Fsp3) is 0.0690. The zero-order chi connectivity index (χ0) is 44.8. The highest BCUT2D eigenvalue weighted by Gasteiger charge is 2.43. The number of hydrogen-bond acceptors (Lipinski definition) is 6. The Kier molecular flexibility index (Phi) is 11.4. The molecule has 0 aliphatic rings. The van der Waals surface area contributed by atoms with E-state index in [1.807, 2.05) is 114 Å². The molecule has 10 rings (SSSR count). The summed E-state index contributed by atoms with van der Waals surface area (Å²) in [6, 6.07) is 81.1. The number of benzene rings is 8. The lowest BCUT2D eigenvalue weighted by atomic mass is 9.76. The number of fused-ring (bicyclic) bond motifs is 1. The molecule has 0 spiro atoms. The second-order valence-electron chi connectivity index (χ2n) is 16.3. The van der Waals surface area contributed by atoms with Crippen molar-refractivity contribution in [1.29, 1.82) is 0 Å². The first kappa shape index (κ1) is 41.4. The summed E-state index contributed by atoms with van der Waals surface area (Å²) in [5.74, 6) is -0.284. The highest BCUT2D eigenvalue weighted by atomic mass is 16.3. The number of pyridine rings is 1. The molecule has 0 fully saturated rings. The number of rotatable bonds is 14. The van der Waals surface area contributed by atoms with Gasteiger partial charge in [0.15, 0.2) is 5.65 Å². The maximum Gasteiger partial charge on any atom is 0.225 e. The molecule has 2 aromatic heterocycles. The molecule has 0 aliphatic carbocycles. The number of amides is 1. The number of nitrogens with zero attached hydrogens (tertiary/aromatic N) is 4. The SMILES string of the molecule is O=C(C[C@H](c1ccccc1)c1cc(NC(c2ccccc2)(c2ccccc2)c2ccccc2)nc2c1nnn2C(c1ccccc1)(c1ccccc1)c1ccccc1)Nc1ccccc1O. The van der Waals surface area contributed by atoms with E-state index in [4.69, 9.17) is 15.3 Å². The van der Waals surface area contributed by atoms with Crippen LogP contribution in [0.3, 0.4) is 0 Å². The fourth-order valence-corrected chi connectivity index (χ4v) is 9.42. The third kappa shape index (κ3) is 7.64. The Morgan fingerprint density at radius 2 is 0.939 bits per heavy atom. The molecule has 66 heavy (non-hydrogen) atoms. The van der Waals surface area contributed by atoms with E-state index in [-0.39, 0.29) is 18.1 Å². The number of aromatic nitrogens is 4. The summed E-state index contributed by atoms with van der Waals surface area (Å²) in [6.07, 6.45) is 0.0200. The summed E-state index contributed by atoms with van der Waals surface area (Å²) in [5, 5.41) is 28.0. The third-order valence-corrected chi connectivity index (χ3v) is 12.4. The van der Waals surface area contributed by atoms with Crippen LogP contribution in [-0.4, -0.2) is 31.0 Å². The molecule has 3 N–H and O–H groups in total. The van der Waals surface area contributed by atoms with Gasteiger partial charge < -0.3 is 15.7 Å². The zero-order valence-electron chi connectivity index (χ0n) is 36.0. The van der Waals surface area contributed by atoms with E-state index < -0.39 is 17.0 Å². The van der Waals surface area contributed by atoms with Gasteiger partial charge in [0.05, 0.1) is 5.69 Å². The molecule has 0 aliphatic heterocycles. The average molecular weight is 859 g/mol. The van der Waals surface area contributed by atoms with Crippen LogP contribution >= 0.6 is 0 Å². The molecular formula is C58H46N6O2. The Hall–Kier alpha value is -8.62. The monoisotopic (exact) mass is 858 g/mol. The molecule has 0 saturated carbocycles. The van der Waals surface area contributed by atoms with Crippen LogP contribution in [0.2, 0.25) is 0 Å². The fourth-order valence-electron chi connectivity index (χ4n) is 9.42. The molecule has 8 heteroatoms. The molecule has 10 aromatic rings. The van der Waals surface area contributed by atoms with Crippen LogP contribution in [0.25, 0.3) is 11.2 Å². The number of phenolic OH excluding ortho intramolecular Hbond substituents is 1. The van der Waals surface area contributed by atoms with Crippen molar-refractivity contribution in [3.05, 3.63) is 287 Å². The summed E-state index contributed by atoms with van der Waals surface area (Å²) >= 11 is 0. The highest BCUT2D eigenvalue weighted by Crippen LogP contribution is 2.45. The van der Waals surface area contributed by atoms with Gasteiger partial charge in [-0.15, -0.1) is 5.10 Å². The van der Waals surface area contributed by atoms with E-state index in [2.05, 4.69) is 120 Å². The van der Waals surface area contributed by atoms with Crippen molar-refractivity contribution in [1.82, 2.24) is 20.0 Å². The zero-order valence-corrected chi connectivity index (χ0v) is 36.0. The molecule has 1 atom stereocenters. The summed E-state index contributed by atoms with van der Waals surface area (Å²) < 4.78 is 1.95. The van der Waals surface area contributed by atoms with Crippen LogP contribution in [0, 0.1) is 0 Å². The molecule has 2 heterocycles. The number of nitrogens with one attached hydrogen (secondary N) is 2. The molecule has 0 unspecified atom stereocenters. The van der Waals surface area contributed by atoms with Crippen LogP contribution in [0.4, 0.5) is 11.5 Å². The average Bonchev–Trinajstić information content (AvgIpc) is 3.82. The lowest BCUT2D eigenvalue weighted by molar-refractivity contribution is -0.116. The van der Waals surface area contributed by atoms with Gasteiger partial charge in [0.1, 0.15) is 28.2 Å². The van der Waals surface area contributed by atoms with Crippen molar-refractivity contribution >= 4 is 28.6 Å². The second-order valence-corrected chi connectivity index (χ2v) is 16.3. The van der Waals surface area contributed by atoms with Crippen LogP contribution < -0.4 is 10.6 Å². The maximum atomic E-state index is 14.4. The standard InChI is InChI=1S/C58H46N6O2/c65-52-39-23-22-38-51(52)59-54(66)41-49(42-24-8-1-9-25-42)50-40-53(61-57(43-26-10-2-11-27-43,44-28-12-3-13-29-44)45-30-14-4-15-31-45)60-56-55(50)62-63-64(56)58(46-32-16-5-17-33-46,47-34-18-6-19-35-47)48-36-20-7-21-37-48/h1-40,49,65H,41H2,(H,59,66)(H,60,61)/t49-/m1/s1. The number of carbonyl (C=O) groups is 1. The van der Waals surface area contributed by atoms with Crippen LogP contribution in [0.1, 0.15) is 56.8 Å². The number of carbonyl (C=O) groups excluding carboxylic acids is 1. The predicted octanol–water partition coefficient (Wildman–Crippen LogP) is 11.9. The Balaban J connectivity index is 1.29. The smallest absolute Gasteiger partial charge is 0.225 e. The van der Waals surface area contributed by atoms with E-state index in [0.717, 1.165) is 44.5 Å². The summed E-state index contributed by atoms with van der Waals surface area (Å²) in [4.78, 5) is 20.0. The molecule has 320 valence electrons. The highest BCUT2D eigenvalue weighted by molar-refractivity contribution is 5.93. The molecule has 8 nitrogen and oxygen atoms in total. The second kappa shape index (κ2) is 18.2. The van der Waals surface area contributed by atoms with Gasteiger partial charge in [0.25, 0.3) is 0 Å². The summed E-state index contributed by atoms with van der Waals surface area (Å²) in [5.41, 5.74) is 6.94. The summed E-state index contributed by atoms with van der Waals surface area (Å²) in [6.45, 7) is 0. The normalized spacial score (nSPS) is 12.1. The van der Waals surface area contributed by atoms with E-state index in [0.29, 0.717) is 22.7 Å². The number of para-hydroxylation sites is 2. The topological polar surface area (TPSA) is 105 Å². The van der Waals surface area contributed by atoms with Crippen LogP contribution in [0.5, 0.6) is 5.75 Å². The number of aromatic hydroxyl groups is 1. The van der Waals surface area contributed by atoms with Crippen molar-refractivity contribution in [3.8, 4) is 5.75 Å². The maximum absolute atomic E-state index is 14.4. The number of phenols is 1. The van der Waals surface area contributed by atoms with Crippen LogP contribution in [0.15, 0.2) is 243 Å². The molecular weight excluding hydrogens is 813 g/mol. The van der Waals surface area contributed by atoms with Crippen molar-refractivity contribution in [2.75, 3.05) is 10.6 Å². The van der Waals surface area contributed by atoms with E-state index in [1.54, 1.807) is 24.3 Å². The van der Waals surface area contributed by atoms with E-state index in [9.17, 15) is 9.90 Å². The van der Waals surface area contributed by atoms with Gasteiger partial charge >= 0.3 is 0 Å². The van der Waals surface area contributed by atoms with Crippen molar-refractivity contribution in [3.63, 3.8) is 0 Å². The lowest BCUT2D eigenvalue weighted by Crippen LogP contribution is -2.39. The van der Waals surface area contributed by atoms with Gasteiger partial charge in [-0.1, -0.05) is 230 Å². The largest absolute Gasteiger partial charge is 0.506 e. The summed E-state index contributed by atoms with van der Waals surface area (Å²) in [7, 11) is 0. The molecule has 1 amide bonds. The molecule has 0 radical (unpaired) electrons. The molecule has 0 saturated heterocycles. The van der Waals surface area contributed by atoms with Gasteiger partial charge in [-0.25, -0.2) is 9.67 Å². The number of hydrogen-bond donors (Lipinski definition) is 3. The first-order valence-electron chi connectivity index (χ1n) is 22.1. The molecule has 8 aromatic carbocycles. The Bertz CT molecular complexity index is 3000. The van der Waals surface area contributed by atoms with Gasteiger partial charge in [0, 0.05) is 12.3 Å². The van der Waals surface area contributed by atoms with Gasteiger partial charge in [0.2, 0.25) is 5.91 Å². The predicted molar refractivity (Wildman–Crippen MR) is 262 cm³/mol. The van der Waals surface area contributed by atoms with Crippen molar-refractivity contribution in [2.45, 2.75) is 23.4 Å². The van der Waals surface area contributed by atoms with Gasteiger partial charge in [-0.2, -0.15) is 0 Å². The molecule has 0 bridgehead atoms. The minimum absolute atomic E-state index is 0.0130. The van der Waals surface area contributed by atoms with Crippen molar-refractivity contribution in [2.24, 2.45) is 0 Å².